The summed E-state index contributed by atoms with van der Waals surface area (Å²) in [6, 6.07) is 4.17. The number of aromatic nitrogens is 1. The molecule has 0 spiro atoms. The van der Waals surface area contributed by atoms with Crippen molar-refractivity contribution in [2.45, 2.75) is 19.9 Å². The van der Waals surface area contributed by atoms with E-state index in [-0.39, 0.29) is 0 Å². The Kier molecular flexibility index (Phi) is 4.96. The fourth-order valence-electron chi connectivity index (χ4n) is 2.56. The molecule has 1 fully saturated rings. The zero-order valence-electron chi connectivity index (χ0n) is 11.4. The molecule has 4 heteroatoms. The van der Waals surface area contributed by atoms with Gasteiger partial charge in [-0.1, -0.05) is 6.07 Å². The van der Waals surface area contributed by atoms with E-state index in [2.05, 4.69) is 28.2 Å². The zero-order valence-corrected chi connectivity index (χ0v) is 11.4. The van der Waals surface area contributed by atoms with Gasteiger partial charge >= 0.3 is 0 Å². The Morgan fingerprint density at radius 2 is 2.44 bits per heavy atom. The predicted octanol–water partition coefficient (Wildman–Crippen LogP) is 1.98. The second kappa shape index (κ2) is 6.71. The molecule has 0 aromatic carbocycles. The monoisotopic (exact) mass is 249 g/mol. The van der Waals surface area contributed by atoms with E-state index >= 15 is 0 Å². The molecule has 1 aliphatic heterocycles. The van der Waals surface area contributed by atoms with Crippen molar-refractivity contribution in [2.75, 3.05) is 38.7 Å². The number of ether oxygens (including phenoxy) is 1. The van der Waals surface area contributed by atoms with E-state index in [9.17, 15) is 0 Å². The Hall–Kier alpha value is -1.13. The Bertz CT molecular complexity index is 370. The number of methoxy groups -OCH3 is 1. The predicted molar refractivity (Wildman–Crippen MR) is 73.7 cm³/mol. The van der Waals surface area contributed by atoms with Crippen LogP contribution in [-0.2, 0) is 11.3 Å². The van der Waals surface area contributed by atoms with E-state index in [0.717, 1.165) is 38.6 Å². The number of pyridine rings is 1. The Balaban J connectivity index is 1.93. The minimum Gasteiger partial charge on any atom is -0.384 e. The summed E-state index contributed by atoms with van der Waals surface area (Å²) in [6.07, 6.45) is 3.09. The van der Waals surface area contributed by atoms with Crippen molar-refractivity contribution in [3.63, 3.8) is 0 Å². The number of hydrogen-bond donors (Lipinski definition) is 1. The first-order chi connectivity index (χ1) is 8.83. The lowest BCUT2D eigenvalue weighted by molar-refractivity contribution is 0.152. The standard InChI is InChI=1S/C14H23N3O/c1-3-15-14-13(5-4-7-16-14)10-17-8-6-12(9-17)11-18-2/h4-5,7,12H,3,6,8-11H2,1-2H3,(H,15,16). The highest BCUT2D eigenvalue weighted by molar-refractivity contribution is 5.43. The second-order valence-corrected chi connectivity index (χ2v) is 4.89. The summed E-state index contributed by atoms with van der Waals surface area (Å²) >= 11 is 0. The van der Waals surface area contributed by atoms with Crippen LogP contribution in [0.25, 0.3) is 0 Å². The molecular weight excluding hydrogens is 226 g/mol. The molecule has 100 valence electrons. The molecule has 0 radical (unpaired) electrons. The van der Waals surface area contributed by atoms with E-state index in [1.807, 2.05) is 12.3 Å². The van der Waals surface area contributed by atoms with Gasteiger partial charge in [0.15, 0.2) is 0 Å². The molecule has 0 bridgehead atoms. The molecule has 2 rings (SSSR count). The van der Waals surface area contributed by atoms with Gasteiger partial charge in [-0.25, -0.2) is 4.98 Å². The quantitative estimate of drug-likeness (QED) is 0.836. The van der Waals surface area contributed by atoms with E-state index in [4.69, 9.17) is 4.74 Å². The van der Waals surface area contributed by atoms with Crippen LogP contribution in [0.4, 0.5) is 5.82 Å². The van der Waals surface area contributed by atoms with Crippen LogP contribution < -0.4 is 5.32 Å². The highest BCUT2D eigenvalue weighted by Gasteiger charge is 2.22. The summed E-state index contributed by atoms with van der Waals surface area (Å²) in [5.41, 5.74) is 1.29. The van der Waals surface area contributed by atoms with Crippen LogP contribution in [0, 0.1) is 5.92 Å². The summed E-state index contributed by atoms with van der Waals surface area (Å²) in [5.74, 6) is 1.71. The lowest BCUT2D eigenvalue weighted by Gasteiger charge is -2.18. The third-order valence-corrected chi connectivity index (χ3v) is 3.40. The smallest absolute Gasteiger partial charge is 0.130 e. The van der Waals surface area contributed by atoms with E-state index in [0.29, 0.717) is 5.92 Å². The van der Waals surface area contributed by atoms with Gasteiger partial charge in [0.1, 0.15) is 5.82 Å². The number of rotatable bonds is 6. The first-order valence-electron chi connectivity index (χ1n) is 6.72. The van der Waals surface area contributed by atoms with Crippen molar-refractivity contribution >= 4 is 5.82 Å². The molecule has 1 aliphatic rings. The third-order valence-electron chi connectivity index (χ3n) is 3.40. The van der Waals surface area contributed by atoms with Crippen LogP contribution in [0.1, 0.15) is 18.9 Å². The van der Waals surface area contributed by atoms with Gasteiger partial charge in [0.05, 0.1) is 6.61 Å². The SMILES string of the molecule is CCNc1ncccc1CN1CCC(COC)C1. The number of nitrogens with one attached hydrogen (secondary N) is 1. The normalized spacial score (nSPS) is 20.2. The average molecular weight is 249 g/mol. The van der Waals surface area contributed by atoms with Gasteiger partial charge in [0.25, 0.3) is 0 Å². The summed E-state index contributed by atoms with van der Waals surface area (Å²) in [4.78, 5) is 6.89. The molecule has 18 heavy (non-hydrogen) atoms. The summed E-state index contributed by atoms with van der Waals surface area (Å²) < 4.78 is 5.24. The Morgan fingerprint density at radius 1 is 1.56 bits per heavy atom. The van der Waals surface area contributed by atoms with E-state index in [1.54, 1.807) is 7.11 Å². The lowest BCUT2D eigenvalue weighted by Crippen LogP contribution is -2.22. The third kappa shape index (κ3) is 3.43. The molecular formula is C14H23N3O. The van der Waals surface area contributed by atoms with Crippen LogP contribution in [0.15, 0.2) is 18.3 Å². The molecule has 1 aromatic heterocycles. The van der Waals surface area contributed by atoms with Crippen LogP contribution in [0.5, 0.6) is 0 Å². The van der Waals surface area contributed by atoms with Crippen molar-refractivity contribution in [1.82, 2.24) is 9.88 Å². The van der Waals surface area contributed by atoms with E-state index < -0.39 is 0 Å². The topological polar surface area (TPSA) is 37.4 Å². The average Bonchev–Trinajstić information content (AvgIpc) is 2.80. The van der Waals surface area contributed by atoms with Crippen LogP contribution >= 0.6 is 0 Å². The maximum atomic E-state index is 5.24. The number of anilines is 1. The van der Waals surface area contributed by atoms with Gasteiger partial charge in [-0.05, 0) is 31.9 Å². The largest absolute Gasteiger partial charge is 0.384 e. The fraction of sp³-hybridized carbons (Fsp3) is 0.643. The molecule has 0 saturated carbocycles. The molecule has 1 atom stereocenters. The Labute approximate surface area is 109 Å². The van der Waals surface area contributed by atoms with Crippen LogP contribution in [0.2, 0.25) is 0 Å². The van der Waals surface area contributed by atoms with Crippen molar-refractivity contribution in [1.29, 1.82) is 0 Å². The van der Waals surface area contributed by atoms with Gasteiger partial charge in [0.2, 0.25) is 0 Å². The Morgan fingerprint density at radius 3 is 3.22 bits per heavy atom. The van der Waals surface area contributed by atoms with E-state index in [1.165, 1.54) is 12.0 Å². The second-order valence-electron chi connectivity index (χ2n) is 4.89. The molecule has 1 unspecified atom stereocenters. The van der Waals surface area contributed by atoms with Crippen LogP contribution in [-0.4, -0.2) is 43.2 Å². The van der Waals surface area contributed by atoms with Gasteiger partial charge in [-0.2, -0.15) is 0 Å². The van der Waals surface area contributed by atoms with Crippen molar-refractivity contribution < 1.29 is 4.74 Å². The lowest BCUT2D eigenvalue weighted by atomic mass is 10.1. The molecule has 4 nitrogen and oxygen atoms in total. The zero-order chi connectivity index (χ0) is 12.8. The maximum Gasteiger partial charge on any atom is 0.130 e. The van der Waals surface area contributed by atoms with Crippen molar-refractivity contribution in [2.24, 2.45) is 5.92 Å². The highest BCUT2D eigenvalue weighted by Crippen LogP contribution is 2.21. The first kappa shape index (κ1) is 13.3. The minimum absolute atomic E-state index is 0.689. The molecule has 1 N–H and O–H groups in total. The van der Waals surface area contributed by atoms with Crippen LogP contribution in [0.3, 0.4) is 0 Å². The number of hydrogen-bond acceptors (Lipinski definition) is 4. The molecule has 1 saturated heterocycles. The minimum atomic E-state index is 0.689. The fourth-order valence-corrected chi connectivity index (χ4v) is 2.56. The maximum absolute atomic E-state index is 5.24. The van der Waals surface area contributed by atoms with Gasteiger partial charge in [-0.3, -0.25) is 4.90 Å². The number of likely N-dealkylation sites (tertiary alicyclic amines) is 1. The van der Waals surface area contributed by atoms with Gasteiger partial charge in [0, 0.05) is 38.5 Å². The highest BCUT2D eigenvalue weighted by atomic mass is 16.5. The van der Waals surface area contributed by atoms with Gasteiger partial charge in [-0.15, -0.1) is 0 Å². The summed E-state index contributed by atoms with van der Waals surface area (Å²) in [7, 11) is 1.78. The first-order valence-corrected chi connectivity index (χ1v) is 6.72. The van der Waals surface area contributed by atoms with Crippen molar-refractivity contribution in [3.8, 4) is 0 Å². The summed E-state index contributed by atoms with van der Waals surface area (Å²) in [6.45, 7) is 7.17. The molecule has 0 aliphatic carbocycles. The molecule has 1 aromatic rings. The molecule has 2 heterocycles. The molecule has 0 amide bonds. The van der Waals surface area contributed by atoms with Crippen molar-refractivity contribution in [3.05, 3.63) is 23.9 Å². The number of nitrogens with zero attached hydrogens (tertiary/aromatic N) is 2. The van der Waals surface area contributed by atoms with Gasteiger partial charge < -0.3 is 10.1 Å². The summed E-state index contributed by atoms with van der Waals surface area (Å²) in [5, 5.41) is 3.32.